The van der Waals surface area contributed by atoms with Crippen molar-refractivity contribution in [1.82, 2.24) is 4.90 Å². The minimum atomic E-state index is -0.183. The van der Waals surface area contributed by atoms with Gasteiger partial charge in [0.15, 0.2) is 0 Å². The van der Waals surface area contributed by atoms with Crippen LogP contribution in [0.2, 0.25) is 0 Å². The van der Waals surface area contributed by atoms with Gasteiger partial charge in [-0.2, -0.15) is 0 Å². The Morgan fingerprint density at radius 2 is 2.43 bits per heavy atom. The summed E-state index contributed by atoms with van der Waals surface area (Å²) in [5, 5.41) is 0. The molecule has 3 nitrogen and oxygen atoms in total. The van der Waals surface area contributed by atoms with Crippen LogP contribution in [0.1, 0.15) is 26.2 Å². The van der Waals surface area contributed by atoms with Crippen LogP contribution in [-0.4, -0.2) is 29.7 Å². The summed E-state index contributed by atoms with van der Waals surface area (Å²) in [6.45, 7) is 2.27. The molecule has 0 spiro atoms. The van der Waals surface area contributed by atoms with Crippen molar-refractivity contribution >= 4 is 6.09 Å². The topological polar surface area (TPSA) is 29.5 Å². The second-order valence-corrected chi connectivity index (χ2v) is 3.91. The van der Waals surface area contributed by atoms with Gasteiger partial charge in [0.2, 0.25) is 0 Å². The maximum Gasteiger partial charge on any atom is 0.410 e. The number of terminal acetylenes is 1. The van der Waals surface area contributed by atoms with E-state index >= 15 is 0 Å². The van der Waals surface area contributed by atoms with Crippen LogP contribution >= 0.6 is 0 Å². The van der Waals surface area contributed by atoms with Crippen LogP contribution in [-0.2, 0) is 4.74 Å². The van der Waals surface area contributed by atoms with Gasteiger partial charge in [0.25, 0.3) is 0 Å². The summed E-state index contributed by atoms with van der Waals surface area (Å²) in [5.74, 6) is 3.02. The average Bonchev–Trinajstić information content (AvgIpc) is 2.74. The molecule has 2 aliphatic heterocycles. The minimum Gasteiger partial charge on any atom is -0.450 e. The molecule has 0 N–H and O–H groups in total. The van der Waals surface area contributed by atoms with Crippen molar-refractivity contribution in [1.29, 1.82) is 0 Å². The zero-order chi connectivity index (χ0) is 10.1. The first-order valence-electron chi connectivity index (χ1n) is 5.19. The zero-order valence-electron chi connectivity index (χ0n) is 8.40. The van der Waals surface area contributed by atoms with Crippen LogP contribution in [0, 0.1) is 18.3 Å². The fourth-order valence-corrected chi connectivity index (χ4v) is 2.65. The second-order valence-electron chi connectivity index (χ2n) is 3.91. The summed E-state index contributed by atoms with van der Waals surface area (Å²) in [5.41, 5.74) is 0. The molecule has 2 bridgehead atoms. The van der Waals surface area contributed by atoms with E-state index in [1.807, 2.05) is 11.8 Å². The van der Waals surface area contributed by atoms with E-state index in [9.17, 15) is 4.79 Å². The Hall–Kier alpha value is -1.17. The van der Waals surface area contributed by atoms with E-state index in [0.717, 1.165) is 19.3 Å². The Balaban J connectivity index is 2.08. The Morgan fingerprint density at radius 1 is 1.64 bits per heavy atom. The van der Waals surface area contributed by atoms with Crippen molar-refractivity contribution in [3.8, 4) is 12.3 Å². The Bertz CT molecular complexity index is 282. The van der Waals surface area contributed by atoms with Gasteiger partial charge in [-0.05, 0) is 26.2 Å². The number of rotatable bonds is 1. The molecule has 3 unspecified atom stereocenters. The number of carbonyl (C=O) groups is 1. The fourth-order valence-electron chi connectivity index (χ4n) is 2.65. The largest absolute Gasteiger partial charge is 0.450 e. The van der Waals surface area contributed by atoms with Crippen LogP contribution in [0.3, 0.4) is 0 Å². The molecule has 0 saturated carbocycles. The van der Waals surface area contributed by atoms with Gasteiger partial charge in [-0.1, -0.05) is 0 Å². The first-order valence-corrected chi connectivity index (χ1v) is 5.19. The Labute approximate surface area is 84.4 Å². The van der Waals surface area contributed by atoms with E-state index in [2.05, 4.69) is 5.92 Å². The summed E-state index contributed by atoms with van der Waals surface area (Å²) < 4.78 is 5.02. The molecule has 2 saturated heterocycles. The maximum absolute atomic E-state index is 11.6. The van der Waals surface area contributed by atoms with E-state index in [0.29, 0.717) is 12.6 Å². The molecule has 76 valence electrons. The quantitative estimate of drug-likeness (QED) is 0.592. The van der Waals surface area contributed by atoms with Crippen LogP contribution in [0.4, 0.5) is 4.79 Å². The second kappa shape index (κ2) is 3.53. The Morgan fingerprint density at radius 3 is 3.00 bits per heavy atom. The number of nitrogens with zero attached hydrogens (tertiary/aromatic N) is 1. The summed E-state index contributed by atoms with van der Waals surface area (Å²) >= 11 is 0. The molecule has 2 fully saturated rings. The predicted octanol–water partition coefficient (Wildman–Crippen LogP) is 1.63. The predicted molar refractivity (Wildman–Crippen MR) is 52.6 cm³/mol. The first kappa shape index (κ1) is 9.39. The summed E-state index contributed by atoms with van der Waals surface area (Å²) in [4.78, 5) is 13.5. The highest BCUT2D eigenvalue weighted by atomic mass is 16.6. The SMILES string of the molecule is C#CC1CC2CCC1N2C(=O)OCC. The molecular weight excluding hydrogens is 178 g/mol. The molecule has 2 heterocycles. The van der Waals surface area contributed by atoms with Crippen molar-refractivity contribution in [3.63, 3.8) is 0 Å². The van der Waals surface area contributed by atoms with E-state index in [1.54, 1.807) is 0 Å². The maximum atomic E-state index is 11.6. The van der Waals surface area contributed by atoms with Crippen LogP contribution in [0.25, 0.3) is 0 Å². The molecule has 0 aromatic heterocycles. The van der Waals surface area contributed by atoms with Gasteiger partial charge in [-0.3, -0.25) is 0 Å². The lowest BCUT2D eigenvalue weighted by Gasteiger charge is -2.21. The van der Waals surface area contributed by atoms with Gasteiger partial charge in [0.05, 0.1) is 6.61 Å². The van der Waals surface area contributed by atoms with Crippen LogP contribution < -0.4 is 0 Å². The highest BCUT2D eigenvalue weighted by Crippen LogP contribution is 2.41. The number of ether oxygens (including phenoxy) is 1. The van der Waals surface area contributed by atoms with Gasteiger partial charge in [-0.25, -0.2) is 4.79 Å². The van der Waals surface area contributed by atoms with Gasteiger partial charge >= 0.3 is 6.09 Å². The molecular formula is C11H15NO2. The van der Waals surface area contributed by atoms with E-state index in [1.165, 1.54) is 0 Å². The van der Waals surface area contributed by atoms with E-state index < -0.39 is 0 Å². The third kappa shape index (κ3) is 1.26. The third-order valence-electron chi connectivity index (χ3n) is 3.23. The Kier molecular flexibility index (Phi) is 2.37. The average molecular weight is 193 g/mol. The first-order chi connectivity index (χ1) is 6.77. The highest BCUT2D eigenvalue weighted by molar-refractivity contribution is 5.69. The number of fused-ring (bicyclic) bond motifs is 2. The van der Waals surface area contributed by atoms with Gasteiger partial charge in [0, 0.05) is 18.0 Å². The highest BCUT2D eigenvalue weighted by Gasteiger charge is 2.48. The number of amides is 1. The van der Waals surface area contributed by atoms with Crippen LogP contribution in [0.5, 0.6) is 0 Å². The lowest BCUT2D eigenvalue weighted by atomic mass is 9.90. The van der Waals surface area contributed by atoms with E-state index in [-0.39, 0.29) is 18.1 Å². The van der Waals surface area contributed by atoms with Gasteiger partial charge in [0.1, 0.15) is 0 Å². The molecule has 0 aromatic rings. The molecule has 0 aromatic carbocycles. The molecule has 0 aliphatic carbocycles. The van der Waals surface area contributed by atoms with Crippen molar-refractivity contribution < 1.29 is 9.53 Å². The van der Waals surface area contributed by atoms with Crippen molar-refractivity contribution in [2.24, 2.45) is 5.92 Å². The molecule has 3 heteroatoms. The van der Waals surface area contributed by atoms with Crippen molar-refractivity contribution in [3.05, 3.63) is 0 Å². The zero-order valence-corrected chi connectivity index (χ0v) is 8.40. The molecule has 2 rings (SSSR count). The van der Waals surface area contributed by atoms with Gasteiger partial charge in [-0.15, -0.1) is 12.3 Å². The molecule has 2 aliphatic rings. The molecule has 14 heavy (non-hydrogen) atoms. The normalized spacial score (nSPS) is 34.3. The molecule has 3 atom stereocenters. The van der Waals surface area contributed by atoms with Crippen molar-refractivity contribution in [2.45, 2.75) is 38.3 Å². The fraction of sp³-hybridized carbons (Fsp3) is 0.727. The van der Waals surface area contributed by atoms with Crippen molar-refractivity contribution in [2.75, 3.05) is 6.61 Å². The molecule has 0 radical (unpaired) electrons. The third-order valence-corrected chi connectivity index (χ3v) is 3.23. The van der Waals surface area contributed by atoms with Gasteiger partial charge < -0.3 is 9.64 Å². The monoisotopic (exact) mass is 193 g/mol. The summed E-state index contributed by atoms with van der Waals surface area (Å²) in [6, 6.07) is 0.573. The summed E-state index contributed by atoms with van der Waals surface area (Å²) in [7, 11) is 0. The lowest BCUT2D eigenvalue weighted by molar-refractivity contribution is 0.100. The molecule has 1 amide bonds. The lowest BCUT2D eigenvalue weighted by Crippen LogP contribution is -2.36. The smallest absolute Gasteiger partial charge is 0.410 e. The minimum absolute atomic E-state index is 0.183. The number of hydrogen-bond acceptors (Lipinski definition) is 2. The summed E-state index contributed by atoms with van der Waals surface area (Å²) in [6.07, 6.45) is 8.33. The van der Waals surface area contributed by atoms with Crippen LogP contribution in [0.15, 0.2) is 0 Å². The van der Waals surface area contributed by atoms with E-state index in [4.69, 9.17) is 11.2 Å². The number of hydrogen-bond donors (Lipinski definition) is 0. The standard InChI is InChI=1S/C11H15NO2/c1-3-8-7-9-5-6-10(8)12(9)11(13)14-4-2/h1,8-10H,4-7H2,2H3. The number of carbonyl (C=O) groups excluding carboxylic acids is 1.